The van der Waals surface area contributed by atoms with Gasteiger partial charge in [-0.2, -0.15) is 5.10 Å². The Balaban J connectivity index is 1.49. The maximum atomic E-state index is 12.7. The highest BCUT2D eigenvalue weighted by atomic mass is 16.5. The first-order valence-corrected chi connectivity index (χ1v) is 9.76. The molecule has 2 aromatic heterocycles. The lowest BCUT2D eigenvalue weighted by molar-refractivity contribution is 0.155. The Hall–Kier alpha value is -4.39. The Morgan fingerprint density at radius 2 is 1.68 bits per heavy atom. The van der Waals surface area contributed by atoms with Crippen LogP contribution in [-0.2, 0) is 11.3 Å². The van der Waals surface area contributed by atoms with Gasteiger partial charge in [0, 0.05) is 17.0 Å². The molecule has 5 rings (SSSR count). The summed E-state index contributed by atoms with van der Waals surface area (Å²) in [5.74, 6) is 0. The van der Waals surface area contributed by atoms with Crippen molar-refractivity contribution in [1.29, 1.82) is 0 Å². The van der Waals surface area contributed by atoms with Gasteiger partial charge in [-0.05, 0) is 23.8 Å². The summed E-state index contributed by atoms with van der Waals surface area (Å²) in [6.07, 6.45) is 1.22. The molecule has 0 aliphatic heterocycles. The van der Waals surface area contributed by atoms with E-state index in [1.54, 1.807) is 10.7 Å². The Morgan fingerprint density at radius 1 is 0.935 bits per heavy atom. The molecule has 0 bridgehead atoms. The lowest BCUT2D eigenvalue weighted by Gasteiger charge is -2.10. The number of hydrogen-bond donors (Lipinski definition) is 2. The van der Waals surface area contributed by atoms with Gasteiger partial charge in [-0.25, -0.2) is 9.48 Å². The molecule has 2 N–H and O–H groups in total. The van der Waals surface area contributed by atoms with Gasteiger partial charge in [0.2, 0.25) is 0 Å². The van der Waals surface area contributed by atoms with E-state index in [2.05, 4.69) is 15.4 Å². The molecule has 31 heavy (non-hydrogen) atoms. The van der Waals surface area contributed by atoms with Gasteiger partial charge in [-0.1, -0.05) is 60.7 Å². The van der Waals surface area contributed by atoms with Crippen molar-refractivity contribution in [3.05, 3.63) is 101 Å². The molecule has 0 aliphatic carbocycles. The van der Waals surface area contributed by atoms with E-state index in [0.717, 1.165) is 16.6 Å². The summed E-state index contributed by atoms with van der Waals surface area (Å²) in [7, 11) is 0. The minimum atomic E-state index is -0.600. The summed E-state index contributed by atoms with van der Waals surface area (Å²) in [4.78, 5) is 27.9. The van der Waals surface area contributed by atoms with Gasteiger partial charge in [0.05, 0.1) is 16.9 Å². The number of para-hydroxylation sites is 2. The summed E-state index contributed by atoms with van der Waals surface area (Å²) in [5.41, 5.74) is 2.72. The topological polar surface area (TPSA) is 89.0 Å². The van der Waals surface area contributed by atoms with Crippen LogP contribution in [0.3, 0.4) is 0 Å². The highest BCUT2D eigenvalue weighted by Crippen LogP contribution is 2.27. The van der Waals surface area contributed by atoms with Crippen LogP contribution in [0.2, 0.25) is 0 Å². The second kappa shape index (κ2) is 7.79. The van der Waals surface area contributed by atoms with Crippen LogP contribution in [0, 0.1) is 0 Å². The Labute approximate surface area is 176 Å². The number of nitrogens with zero attached hydrogens (tertiary/aromatic N) is 2. The molecule has 3 aromatic carbocycles. The fourth-order valence-electron chi connectivity index (χ4n) is 3.51. The van der Waals surface area contributed by atoms with E-state index >= 15 is 0 Å². The molecule has 0 saturated heterocycles. The molecule has 0 spiro atoms. The van der Waals surface area contributed by atoms with Crippen molar-refractivity contribution in [2.75, 3.05) is 5.32 Å². The fraction of sp³-hybridized carbons (Fsp3) is 0.0417. The van der Waals surface area contributed by atoms with Crippen LogP contribution < -0.4 is 10.9 Å². The molecule has 0 unspecified atom stereocenters. The standard InChI is InChI=1S/C24H18N4O3/c29-23-22-19(14-28(27-22)17-10-5-2-6-11-17)18-12-7-13-20(21(18)26-23)25-24(30)31-15-16-8-3-1-4-9-16/h1-14H,15H2,(H,25,30)(H,26,29). The second-order valence-corrected chi connectivity index (χ2v) is 7.04. The van der Waals surface area contributed by atoms with E-state index in [4.69, 9.17) is 4.74 Å². The van der Waals surface area contributed by atoms with Gasteiger partial charge in [0.1, 0.15) is 6.61 Å². The average Bonchev–Trinajstić information content (AvgIpc) is 3.26. The van der Waals surface area contributed by atoms with Crippen molar-refractivity contribution in [1.82, 2.24) is 14.8 Å². The minimum absolute atomic E-state index is 0.155. The Bertz CT molecular complexity index is 1440. The summed E-state index contributed by atoms with van der Waals surface area (Å²) < 4.78 is 6.98. The van der Waals surface area contributed by atoms with E-state index in [-0.39, 0.29) is 12.2 Å². The number of ether oxygens (including phenoxy) is 1. The van der Waals surface area contributed by atoms with Crippen LogP contribution in [0.4, 0.5) is 10.5 Å². The summed E-state index contributed by atoms with van der Waals surface area (Å²) >= 11 is 0. The van der Waals surface area contributed by atoms with Crippen LogP contribution in [0.5, 0.6) is 0 Å². The van der Waals surface area contributed by atoms with Crippen LogP contribution in [-0.4, -0.2) is 20.9 Å². The number of rotatable bonds is 4. The molecule has 0 saturated carbocycles. The van der Waals surface area contributed by atoms with E-state index in [9.17, 15) is 9.59 Å². The van der Waals surface area contributed by atoms with E-state index < -0.39 is 6.09 Å². The van der Waals surface area contributed by atoms with Crippen molar-refractivity contribution in [3.63, 3.8) is 0 Å². The van der Waals surface area contributed by atoms with E-state index in [0.29, 0.717) is 22.1 Å². The molecular weight excluding hydrogens is 392 g/mol. The fourth-order valence-corrected chi connectivity index (χ4v) is 3.51. The summed E-state index contributed by atoms with van der Waals surface area (Å²) in [5, 5.41) is 8.65. The van der Waals surface area contributed by atoms with E-state index in [1.807, 2.05) is 79.0 Å². The molecule has 7 heteroatoms. The number of amides is 1. The van der Waals surface area contributed by atoms with Crippen molar-refractivity contribution in [2.24, 2.45) is 0 Å². The molecule has 0 aliphatic rings. The van der Waals surface area contributed by atoms with Gasteiger partial charge in [0.15, 0.2) is 5.52 Å². The van der Waals surface area contributed by atoms with Crippen molar-refractivity contribution >= 4 is 33.6 Å². The number of H-pyrrole nitrogens is 1. The first-order valence-electron chi connectivity index (χ1n) is 9.76. The smallest absolute Gasteiger partial charge is 0.412 e. The number of fused-ring (bicyclic) bond motifs is 3. The minimum Gasteiger partial charge on any atom is -0.444 e. The number of hydrogen-bond acceptors (Lipinski definition) is 4. The average molecular weight is 410 g/mol. The first kappa shape index (κ1) is 18.6. The molecule has 1 amide bonds. The van der Waals surface area contributed by atoms with Crippen LogP contribution >= 0.6 is 0 Å². The Kier molecular flexibility index (Phi) is 4.68. The number of carbonyl (C=O) groups is 1. The van der Waals surface area contributed by atoms with Crippen LogP contribution in [0.25, 0.3) is 27.5 Å². The van der Waals surface area contributed by atoms with E-state index in [1.165, 1.54) is 0 Å². The van der Waals surface area contributed by atoms with Gasteiger partial charge in [-0.15, -0.1) is 0 Å². The van der Waals surface area contributed by atoms with Crippen LogP contribution in [0.15, 0.2) is 89.9 Å². The predicted octanol–water partition coefficient (Wildman–Crippen LogP) is 4.62. The van der Waals surface area contributed by atoms with Crippen LogP contribution in [0.1, 0.15) is 5.56 Å². The molecule has 5 aromatic rings. The molecular formula is C24H18N4O3. The van der Waals surface area contributed by atoms with Crippen molar-refractivity contribution in [3.8, 4) is 5.69 Å². The lowest BCUT2D eigenvalue weighted by atomic mass is 10.1. The van der Waals surface area contributed by atoms with Gasteiger partial charge in [0.25, 0.3) is 5.56 Å². The SMILES string of the molecule is O=C(Nc1cccc2c1[nH]c(=O)c1nn(-c3ccccc3)cc12)OCc1ccccc1. The Morgan fingerprint density at radius 3 is 2.45 bits per heavy atom. The van der Waals surface area contributed by atoms with Gasteiger partial charge in [-0.3, -0.25) is 10.1 Å². The quantitative estimate of drug-likeness (QED) is 0.453. The first-order chi connectivity index (χ1) is 15.2. The summed E-state index contributed by atoms with van der Waals surface area (Å²) in [6, 6.07) is 24.4. The van der Waals surface area contributed by atoms with Crippen molar-refractivity contribution in [2.45, 2.75) is 6.61 Å². The number of anilines is 1. The molecule has 0 radical (unpaired) electrons. The molecule has 0 fully saturated rings. The molecule has 0 atom stereocenters. The number of carbonyl (C=O) groups excluding carboxylic acids is 1. The third kappa shape index (κ3) is 3.64. The third-order valence-electron chi connectivity index (χ3n) is 4.99. The molecule has 2 heterocycles. The lowest BCUT2D eigenvalue weighted by Crippen LogP contribution is -2.15. The number of nitrogens with one attached hydrogen (secondary N) is 2. The predicted molar refractivity (Wildman–Crippen MR) is 119 cm³/mol. The number of benzene rings is 3. The highest BCUT2D eigenvalue weighted by molar-refractivity contribution is 6.09. The largest absolute Gasteiger partial charge is 0.444 e. The maximum absolute atomic E-state index is 12.7. The van der Waals surface area contributed by atoms with Gasteiger partial charge >= 0.3 is 6.09 Å². The highest BCUT2D eigenvalue weighted by Gasteiger charge is 2.14. The molecule has 7 nitrogen and oxygen atoms in total. The normalized spacial score (nSPS) is 11.0. The third-order valence-corrected chi connectivity index (χ3v) is 4.99. The zero-order valence-corrected chi connectivity index (χ0v) is 16.4. The monoisotopic (exact) mass is 410 g/mol. The van der Waals surface area contributed by atoms with Gasteiger partial charge < -0.3 is 9.72 Å². The summed E-state index contributed by atoms with van der Waals surface area (Å²) in [6.45, 7) is 0.155. The zero-order chi connectivity index (χ0) is 21.2. The number of pyridine rings is 1. The molecule has 152 valence electrons. The van der Waals surface area contributed by atoms with Crippen molar-refractivity contribution < 1.29 is 9.53 Å². The maximum Gasteiger partial charge on any atom is 0.412 e. The second-order valence-electron chi connectivity index (χ2n) is 7.04. The number of aromatic amines is 1. The number of aromatic nitrogens is 3. The zero-order valence-electron chi connectivity index (χ0n) is 16.4.